The highest BCUT2D eigenvalue weighted by atomic mass is 35.5. The Balaban J connectivity index is 0.000000261. The summed E-state index contributed by atoms with van der Waals surface area (Å²) in [5, 5.41) is 64.6. The predicted molar refractivity (Wildman–Crippen MR) is 201 cm³/mol. The summed E-state index contributed by atoms with van der Waals surface area (Å²) in [7, 11) is 1.32. The number of phenolic OH excluding ortho intramolecular Hbond substituents is 3. The smallest absolute Gasteiger partial charge is 0.202 e. The Labute approximate surface area is 334 Å². The average molecular weight is 833 g/mol. The normalized spacial score (nSPS) is 23.9. The number of phenols is 3. The van der Waals surface area contributed by atoms with Crippen LogP contribution in [0.4, 0.5) is 0 Å². The van der Waals surface area contributed by atoms with Gasteiger partial charge in [-0.2, -0.15) is 0 Å². The second-order valence-corrected chi connectivity index (χ2v) is 14.7. The number of Topliss-reactive ketones (excluding diaryl/α,β-unsaturated/α-hetero) is 1. The van der Waals surface area contributed by atoms with Gasteiger partial charge in [-0.15, -0.1) is 0 Å². The Bertz CT molecular complexity index is 2170. The molecule has 0 radical (unpaired) electrons. The molecule has 6 atom stereocenters. The number of benzene rings is 4. The molecule has 17 heteroatoms. The molecule has 0 saturated carbocycles. The molecular formula is C39H36Cl3NO13. The molecule has 0 unspecified atom stereocenters. The SMILES string of the molecule is COc1cccc2c1C(=O)c1c(O)c3c(c(O)c1C2=O)C[C@@](O)(C(=O)CO)C[C@@H]3O[C@H]1C[C@H](N)[C@H](O)[C@H](C)O1.Oc1cc(Cl)ccc1Oc1ccc(Cl)cc1Cl. The van der Waals surface area contributed by atoms with Crippen molar-refractivity contribution in [2.45, 2.75) is 62.4 Å². The van der Waals surface area contributed by atoms with E-state index >= 15 is 0 Å². The Morgan fingerprint density at radius 3 is 2.21 bits per heavy atom. The second-order valence-electron chi connectivity index (χ2n) is 13.4. The average Bonchev–Trinajstić information content (AvgIpc) is 3.15. The van der Waals surface area contributed by atoms with Crippen LogP contribution in [0.25, 0.3) is 0 Å². The highest BCUT2D eigenvalue weighted by Crippen LogP contribution is 2.52. The van der Waals surface area contributed by atoms with Crippen molar-refractivity contribution in [3.05, 3.63) is 103 Å². The maximum absolute atomic E-state index is 13.6. The van der Waals surface area contributed by atoms with E-state index in [1.807, 2.05) is 0 Å². The summed E-state index contributed by atoms with van der Waals surface area (Å²) in [5.74, 6) is -3.14. The molecule has 8 N–H and O–H groups in total. The number of carbonyl (C=O) groups is 3. The van der Waals surface area contributed by atoms with Crippen LogP contribution in [0.1, 0.15) is 68.8 Å². The molecule has 4 aromatic carbocycles. The molecule has 1 heterocycles. The lowest BCUT2D eigenvalue weighted by atomic mass is 9.72. The summed E-state index contributed by atoms with van der Waals surface area (Å²) in [6, 6.07) is 13.0. The molecule has 4 aromatic rings. The summed E-state index contributed by atoms with van der Waals surface area (Å²) in [5.41, 5.74) is 2.37. The van der Waals surface area contributed by atoms with Crippen LogP contribution in [-0.4, -0.2) is 91.8 Å². The Hall–Kier alpha value is -4.48. The monoisotopic (exact) mass is 831 g/mol. The molecule has 1 aliphatic heterocycles. The van der Waals surface area contributed by atoms with Crippen LogP contribution in [0.15, 0.2) is 54.6 Å². The van der Waals surface area contributed by atoms with Crippen LogP contribution in [-0.2, 0) is 20.7 Å². The molecular weight excluding hydrogens is 797 g/mol. The van der Waals surface area contributed by atoms with Gasteiger partial charge in [-0.1, -0.05) is 46.9 Å². The van der Waals surface area contributed by atoms with Crippen molar-refractivity contribution in [2.75, 3.05) is 13.7 Å². The molecule has 2 aliphatic carbocycles. The van der Waals surface area contributed by atoms with Crippen LogP contribution < -0.4 is 15.2 Å². The maximum atomic E-state index is 13.6. The van der Waals surface area contributed by atoms with Gasteiger partial charge in [0.15, 0.2) is 29.4 Å². The van der Waals surface area contributed by atoms with Crippen molar-refractivity contribution in [3.63, 3.8) is 0 Å². The van der Waals surface area contributed by atoms with Gasteiger partial charge in [-0.05, 0) is 43.3 Å². The number of methoxy groups -OCH3 is 1. The van der Waals surface area contributed by atoms with Gasteiger partial charge in [0, 0.05) is 58.1 Å². The number of aromatic hydroxyl groups is 3. The minimum Gasteiger partial charge on any atom is -0.507 e. The van der Waals surface area contributed by atoms with Crippen LogP contribution in [0.3, 0.4) is 0 Å². The molecule has 0 aromatic heterocycles. The topological polar surface area (TPSA) is 236 Å². The van der Waals surface area contributed by atoms with Crippen LogP contribution in [0.2, 0.25) is 15.1 Å². The number of hydrogen-bond donors (Lipinski definition) is 7. The predicted octanol–water partition coefficient (Wildman–Crippen LogP) is 5.15. The summed E-state index contributed by atoms with van der Waals surface area (Å²) in [6.07, 6.45) is -5.12. The van der Waals surface area contributed by atoms with E-state index in [1.54, 1.807) is 37.3 Å². The largest absolute Gasteiger partial charge is 0.507 e. The first-order chi connectivity index (χ1) is 26.5. The molecule has 3 aliphatic rings. The number of halogens is 3. The van der Waals surface area contributed by atoms with Gasteiger partial charge in [0.05, 0.1) is 47.1 Å². The van der Waals surface area contributed by atoms with E-state index < -0.39 is 95.7 Å². The lowest BCUT2D eigenvalue weighted by Crippen LogP contribution is -2.53. The van der Waals surface area contributed by atoms with Crippen molar-refractivity contribution in [1.29, 1.82) is 0 Å². The third kappa shape index (κ3) is 7.64. The van der Waals surface area contributed by atoms with Crippen LogP contribution >= 0.6 is 34.8 Å². The summed E-state index contributed by atoms with van der Waals surface area (Å²) < 4.78 is 22.4. The summed E-state index contributed by atoms with van der Waals surface area (Å²) in [6.45, 7) is 0.560. The third-order valence-electron chi connectivity index (χ3n) is 9.84. The van der Waals surface area contributed by atoms with E-state index in [-0.39, 0.29) is 45.9 Å². The molecule has 296 valence electrons. The van der Waals surface area contributed by atoms with Gasteiger partial charge in [-0.25, -0.2) is 0 Å². The molecule has 56 heavy (non-hydrogen) atoms. The number of hydrogen-bond acceptors (Lipinski definition) is 14. The quantitative estimate of drug-likeness (QED) is 0.105. The van der Waals surface area contributed by atoms with Crippen molar-refractivity contribution in [1.82, 2.24) is 0 Å². The molecule has 0 spiro atoms. The number of aliphatic hydroxyl groups excluding tert-OH is 2. The fourth-order valence-corrected chi connectivity index (χ4v) is 7.62. The number of nitrogens with two attached hydrogens (primary N) is 1. The van der Waals surface area contributed by atoms with Crippen molar-refractivity contribution < 1.29 is 64.0 Å². The van der Waals surface area contributed by atoms with E-state index in [0.29, 0.717) is 20.8 Å². The Morgan fingerprint density at radius 2 is 1.59 bits per heavy atom. The van der Waals surface area contributed by atoms with Crippen LogP contribution in [0, 0.1) is 0 Å². The number of aliphatic hydroxyl groups is 3. The molecule has 1 fully saturated rings. The zero-order chi connectivity index (χ0) is 40.8. The van der Waals surface area contributed by atoms with E-state index in [9.17, 15) is 45.0 Å². The highest BCUT2D eigenvalue weighted by Gasteiger charge is 2.50. The number of ether oxygens (including phenoxy) is 4. The number of ketones is 3. The van der Waals surface area contributed by atoms with Gasteiger partial charge in [0.25, 0.3) is 0 Å². The van der Waals surface area contributed by atoms with Crippen molar-refractivity contribution in [2.24, 2.45) is 5.73 Å². The van der Waals surface area contributed by atoms with Gasteiger partial charge in [0.2, 0.25) is 5.78 Å². The fraction of sp³-hybridized carbons (Fsp3) is 0.308. The maximum Gasteiger partial charge on any atom is 0.202 e. The van der Waals surface area contributed by atoms with Gasteiger partial charge >= 0.3 is 0 Å². The van der Waals surface area contributed by atoms with Crippen molar-refractivity contribution in [3.8, 4) is 34.5 Å². The molecule has 14 nitrogen and oxygen atoms in total. The molecule has 0 amide bonds. The van der Waals surface area contributed by atoms with Gasteiger partial charge in [-0.3, -0.25) is 14.4 Å². The lowest BCUT2D eigenvalue weighted by Gasteiger charge is -2.42. The zero-order valence-electron chi connectivity index (χ0n) is 29.7. The minimum atomic E-state index is -2.24. The van der Waals surface area contributed by atoms with E-state index in [2.05, 4.69) is 0 Å². The Morgan fingerprint density at radius 1 is 0.929 bits per heavy atom. The minimum absolute atomic E-state index is 0.0173. The van der Waals surface area contributed by atoms with E-state index in [4.69, 9.17) is 59.5 Å². The van der Waals surface area contributed by atoms with E-state index in [1.165, 1.54) is 31.4 Å². The third-order valence-corrected chi connectivity index (χ3v) is 10.6. The van der Waals surface area contributed by atoms with Gasteiger partial charge < -0.3 is 55.3 Å². The van der Waals surface area contributed by atoms with Gasteiger partial charge in [0.1, 0.15) is 35.2 Å². The highest BCUT2D eigenvalue weighted by molar-refractivity contribution is 6.35. The standard InChI is InChI=1S/C27H29NO11.C12H7Cl3O2/c1-10-22(31)13(28)6-17(38-10)39-15-8-27(36,16(30)9-29)7-12-19(15)26(35)21-20(24(12)33)23(32)11-4-3-5-14(37-2)18(11)25(21)34;13-7-1-3-11(9(15)5-7)17-12-4-2-8(14)6-10(12)16/h3-5,10,13,15,17,22,29,31,33,35-36H,6-9,28H2,1-2H3;1-6,16H/t10-,13-,15-,17-,22+,27-;/m0./s1. The molecule has 0 bridgehead atoms. The number of rotatable bonds is 7. The first-order valence-corrected chi connectivity index (χ1v) is 18.2. The second kappa shape index (κ2) is 16.2. The number of fused-ring (bicyclic) bond motifs is 3. The molecule has 7 rings (SSSR count). The fourth-order valence-electron chi connectivity index (χ4n) is 7.00. The number of carbonyl (C=O) groups excluding carboxylic acids is 3. The lowest BCUT2D eigenvalue weighted by molar-refractivity contribution is -0.247. The zero-order valence-corrected chi connectivity index (χ0v) is 31.9. The van der Waals surface area contributed by atoms with E-state index in [0.717, 1.165) is 0 Å². The Kier molecular flexibility index (Phi) is 11.9. The molecule has 1 saturated heterocycles. The first-order valence-electron chi connectivity index (χ1n) is 17.1. The summed E-state index contributed by atoms with van der Waals surface area (Å²) >= 11 is 17.4. The first kappa shape index (κ1) is 41.2. The summed E-state index contributed by atoms with van der Waals surface area (Å²) in [4.78, 5) is 39.7. The van der Waals surface area contributed by atoms with Crippen LogP contribution in [0.5, 0.6) is 34.5 Å². The van der Waals surface area contributed by atoms with Crippen molar-refractivity contribution >= 4 is 52.2 Å².